The lowest BCUT2D eigenvalue weighted by Gasteiger charge is -2.12. The first kappa shape index (κ1) is 14.4. The van der Waals surface area contributed by atoms with E-state index in [0.717, 1.165) is 22.4 Å². The second-order valence-electron chi connectivity index (χ2n) is 4.87. The van der Waals surface area contributed by atoms with Crippen LogP contribution in [0.2, 0.25) is 0 Å². The summed E-state index contributed by atoms with van der Waals surface area (Å²) in [6.45, 7) is 6.15. The number of aryl methyl sites for hydroxylation is 3. The highest BCUT2D eigenvalue weighted by Crippen LogP contribution is 2.13. The summed E-state index contributed by atoms with van der Waals surface area (Å²) in [5.41, 5.74) is 9.28. The molecule has 1 heterocycles. The number of aromatic nitrogens is 2. The molecule has 104 valence electrons. The van der Waals surface area contributed by atoms with Crippen LogP contribution in [-0.4, -0.2) is 14.5 Å². The van der Waals surface area contributed by atoms with E-state index in [0.29, 0.717) is 17.4 Å². The Kier molecular flexibility index (Phi) is 3.99. The number of benzene rings is 1. The lowest BCUT2D eigenvalue weighted by molar-refractivity contribution is 0.691. The summed E-state index contributed by atoms with van der Waals surface area (Å²) in [5.74, 6) is 0.716. The van der Waals surface area contributed by atoms with Crippen LogP contribution < -0.4 is 11.3 Å². The van der Waals surface area contributed by atoms with Gasteiger partial charge in [-0.1, -0.05) is 24.4 Å². The maximum absolute atomic E-state index is 12.0. The molecular weight excluding hydrogens is 270 g/mol. The molecule has 4 nitrogen and oxygen atoms in total. The van der Waals surface area contributed by atoms with Crippen LogP contribution in [0.1, 0.15) is 28.2 Å². The summed E-state index contributed by atoms with van der Waals surface area (Å²) in [6, 6.07) is 7.33. The van der Waals surface area contributed by atoms with Crippen LogP contribution in [0.3, 0.4) is 0 Å². The minimum Gasteiger partial charge on any atom is -0.389 e. The Bertz CT molecular complexity index is 734. The van der Waals surface area contributed by atoms with E-state index in [1.54, 1.807) is 10.6 Å². The van der Waals surface area contributed by atoms with Gasteiger partial charge in [0.15, 0.2) is 0 Å². The molecule has 0 radical (unpaired) electrons. The normalized spacial score (nSPS) is 10.6. The third-order valence-electron chi connectivity index (χ3n) is 3.28. The van der Waals surface area contributed by atoms with Gasteiger partial charge in [-0.15, -0.1) is 0 Å². The van der Waals surface area contributed by atoms with E-state index in [-0.39, 0.29) is 5.56 Å². The maximum Gasteiger partial charge on any atom is 0.254 e. The summed E-state index contributed by atoms with van der Waals surface area (Å²) in [4.78, 5) is 16.7. The first-order valence-corrected chi connectivity index (χ1v) is 6.73. The molecule has 5 heteroatoms. The Hall–Kier alpha value is -2.01. The van der Waals surface area contributed by atoms with Crippen molar-refractivity contribution >= 4 is 17.2 Å². The zero-order chi connectivity index (χ0) is 14.9. The van der Waals surface area contributed by atoms with Crippen LogP contribution in [-0.2, 0) is 6.54 Å². The first-order valence-electron chi connectivity index (χ1n) is 6.33. The molecule has 0 amide bonds. The van der Waals surface area contributed by atoms with Crippen LogP contribution in [0.5, 0.6) is 0 Å². The smallest absolute Gasteiger partial charge is 0.254 e. The van der Waals surface area contributed by atoms with Crippen molar-refractivity contribution in [3.63, 3.8) is 0 Å². The van der Waals surface area contributed by atoms with Crippen molar-refractivity contribution in [2.75, 3.05) is 0 Å². The van der Waals surface area contributed by atoms with Crippen LogP contribution >= 0.6 is 12.2 Å². The second kappa shape index (κ2) is 5.54. The van der Waals surface area contributed by atoms with Crippen molar-refractivity contribution in [3.8, 4) is 0 Å². The average molecular weight is 287 g/mol. The summed E-state index contributed by atoms with van der Waals surface area (Å²) < 4.78 is 1.66. The second-order valence-corrected chi connectivity index (χ2v) is 5.31. The highest BCUT2D eigenvalue weighted by Gasteiger charge is 2.07. The molecule has 0 aliphatic rings. The molecule has 1 aromatic heterocycles. The quantitative estimate of drug-likeness (QED) is 0.875. The first-order chi connectivity index (χ1) is 9.38. The minimum atomic E-state index is -0.0344. The summed E-state index contributed by atoms with van der Waals surface area (Å²) in [7, 11) is 0. The van der Waals surface area contributed by atoms with Gasteiger partial charge in [0, 0.05) is 17.3 Å². The SMILES string of the molecule is Cc1cc(=O)n(Cc2ccc(C(N)=S)cc2C)c(C)n1. The van der Waals surface area contributed by atoms with Crippen molar-refractivity contribution in [1.82, 2.24) is 9.55 Å². The molecule has 1 aromatic carbocycles. The van der Waals surface area contributed by atoms with E-state index in [9.17, 15) is 4.79 Å². The highest BCUT2D eigenvalue weighted by atomic mass is 32.1. The fourth-order valence-electron chi connectivity index (χ4n) is 2.15. The lowest BCUT2D eigenvalue weighted by Crippen LogP contribution is -2.24. The molecule has 0 atom stereocenters. The third kappa shape index (κ3) is 2.93. The van der Waals surface area contributed by atoms with Gasteiger partial charge < -0.3 is 5.73 Å². The van der Waals surface area contributed by atoms with Crippen molar-refractivity contribution in [3.05, 3.63) is 62.8 Å². The average Bonchev–Trinajstić information content (AvgIpc) is 2.34. The van der Waals surface area contributed by atoms with Gasteiger partial charge in [-0.2, -0.15) is 0 Å². The Labute approximate surface area is 123 Å². The van der Waals surface area contributed by atoms with E-state index in [1.807, 2.05) is 39.0 Å². The molecule has 0 aliphatic carbocycles. The monoisotopic (exact) mass is 287 g/mol. The standard InChI is InChI=1S/C15H17N3OS/c1-9-6-12(15(16)20)4-5-13(9)8-18-11(3)17-10(2)7-14(18)19/h4-7H,8H2,1-3H3,(H2,16,20). The lowest BCUT2D eigenvalue weighted by atomic mass is 10.0. The molecule has 0 fully saturated rings. The van der Waals surface area contributed by atoms with Crippen molar-refractivity contribution in [2.24, 2.45) is 5.73 Å². The van der Waals surface area contributed by atoms with Gasteiger partial charge in [-0.05, 0) is 38.0 Å². The number of hydrogen-bond donors (Lipinski definition) is 1. The molecular formula is C15H17N3OS. The van der Waals surface area contributed by atoms with Gasteiger partial charge >= 0.3 is 0 Å². The largest absolute Gasteiger partial charge is 0.389 e. The Balaban J connectivity index is 2.41. The van der Waals surface area contributed by atoms with Gasteiger partial charge in [-0.3, -0.25) is 9.36 Å². The third-order valence-corrected chi connectivity index (χ3v) is 3.52. The van der Waals surface area contributed by atoms with Gasteiger partial charge in [0.2, 0.25) is 0 Å². The fourth-order valence-corrected chi connectivity index (χ4v) is 2.28. The van der Waals surface area contributed by atoms with Crippen molar-refractivity contribution < 1.29 is 0 Å². The Morgan fingerprint density at radius 1 is 1.30 bits per heavy atom. The highest BCUT2D eigenvalue weighted by molar-refractivity contribution is 7.80. The zero-order valence-electron chi connectivity index (χ0n) is 11.8. The maximum atomic E-state index is 12.0. The topological polar surface area (TPSA) is 60.9 Å². The van der Waals surface area contributed by atoms with Crippen molar-refractivity contribution in [1.29, 1.82) is 0 Å². The van der Waals surface area contributed by atoms with Gasteiger partial charge in [0.1, 0.15) is 10.8 Å². The van der Waals surface area contributed by atoms with E-state index in [4.69, 9.17) is 18.0 Å². The van der Waals surface area contributed by atoms with Crippen LogP contribution in [0.4, 0.5) is 0 Å². The summed E-state index contributed by atoms with van der Waals surface area (Å²) in [5, 5.41) is 0. The number of rotatable bonds is 3. The molecule has 0 saturated carbocycles. The number of nitrogens with zero attached hydrogens (tertiary/aromatic N) is 2. The molecule has 0 saturated heterocycles. The zero-order valence-corrected chi connectivity index (χ0v) is 12.6. The number of nitrogens with two attached hydrogens (primary N) is 1. The molecule has 0 unspecified atom stereocenters. The van der Waals surface area contributed by atoms with E-state index in [1.165, 1.54) is 0 Å². The molecule has 2 aromatic rings. The molecule has 20 heavy (non-hydrogen) atoms. The Morgan fingerprint density at radius 2 is 2.00 bits per heavy atom. The molecule has 0 bridgehead atoms. The summed E-state index contributed by atoms with van der Waals surface area (Å²) >= 11 is 4.96. The van der Waals surface area contributed by atoms with Crippen LogP contribution in [0, 0.1) is 20.8 Å². The van der Waals surface area contributed by atoms with Crippen molar-refractivity contribution in [2.45, 2.75) is 27.3 Å². The van der Waals surface area contributed by atoms with Crippen LogP contribution in [0.15, 0.2) is 29.1 Å². The van der Waals surface area contributed by atoms with E-state index >= 15 is 0 Å². The predicted molar refractivity (Wildman–Crippen MR) is 84.1 cm³/mol. The van der Waals surface area contributed by atoms with Gasteiger partial charge in [0.05, 0.1) is 6.54 Å². The predicted octanol–water partition coefficient (Wildman–Crippen LogP) is 1.85. The summed E-state index contributed by atoms with van der Waals surface area (Å²) in [6.07, 6.45) is 0. The van der Waals surface area contributed by atoms with Crippen LogP contribution in [0.25, 0.3) is 0 Å². The molecule has 0 aliphatic heterocycles. The van der Waals surface area contributed by atoms with Gasteiger partial charge in [0.25, 0.3) is 5.56 Å². The van der Waals surface area contributed by atoms with E-state index in [2.05, 4.69) is 4.98 Å². The Morgan fingerprint density at radius 3 is 2.55 bits per heavy atom. The molecule has 0 spiro atoms. The molecule has 2 rings (SSSR count). The van der Waals surface area contributed by atoms with Gasteiger partial charge in [-0.25, -0.2) is 4.98 Å². The minimum absolute atomic E-state index is 0.0344. The fraction of sp³-hybridized carbons (Fsp3) is 0.267. The molecule has 2 N–H and O–H groups in total. The number of hydrogen-bond acceptors (Lipinski definition) is 3. The van der Waals surface area contributed by atoms with E-state index < -0.39 is 0 Å². The number of thiocarbonyl (C=S) groups is 1.